The van der Waals surface area contributed by atoms with Gasteiger partial charge in [-0.3, -0.25) is 0 Å². The van der Waals surface area contributed by atoms with E-state index in [0.29, 0.717) is 16.1 Å². The van der Waals surface area contributed by atoms with Gasteiger partial charge in [-0.2, -0.15) is 0 Å². The van der Waals surface area contributed by atoms with Gasteiger partial charge >= 0.3 is 5.97 Å². The number of hydrogen-bond donors (Lipinski definition) is 2. The Balaban J connectivity index is 2.64. The molecular weight excluding hydrogens is 257 g/mol. The Bertz CT molecular complexity index is 611. The third kappa shape index (κ3) is 2.28. The molecule has 0 saturated heterocycles. The van der Waals surface area contributed by atoms with Gasteiger partial charge in [0.2, 0.25) is 0 Å². The molecule has 92 valence electrons. The molecule has 3 N–H and O–H groups in total. The van der Waals surface area contributed by atoms with Crippen molar-refractivity contribution < 1.29 is 14.3 Å². The topological polar surface area (TPSA) is 63.3 Å². The van der Waals surface area contributed by atoms with Crippen LogP contribution in [0, 0.1) is 5.82 Å². The van der Waals surface area contributed by atoms with Crippen LogP contribution >= 0.6 is 11.6 Å². The maximum Gasteiger partial charge on any atom is 0.337 e. The van der Waals surface area contributed by atoms with Crippen LogP contribution in [-0.2, 0) is 0 Å². The molecule has 0 fully saturated rings. The molecule has 0 aliphatic heterocycles. The Hall–Kier alpha value is -2.07. The lowest BCUT2D eigenvalue weighted by Crippen LogP contribution is -2.05. The number of halogens is 2. The highest BCUT2D eigenvalue weighted by Crippen LogP contribution is 2.30. The number of carboxylic acids is 1. The minimum absolute atomic E-state index is 0.0335. The molecule has 3 nitrogen and oxygen atoms in total. The van der Waals surface area contributed by atoms with Gasteiger partial charge in [0.15, 0.2) is 0 Å². The predicted molar refractivity (Wildman–Crippen MR) is 68.2 cm³/mol. The SMILES string of the molecule is Nc1c(C(=O)O)cc(F)cc1-c1ccc(Cl)cc1. The van der Waals surface area contributed by atoms with E-state index in [1.165, 1.54) is 6.07 Å². The van der Waals surface area contributed by atoms with Gasteiger partial charge in [-0.05, 0) is 29.8 Å². The van der Waals surface area contributed by atoms with Gasteiger partial charge in [-0.15, -0.1) is 0 Å². The number of nitrogen functional groups attached to an aromatic ring is 1. The molecule has 18 heavy (non-hydrogen) atoms. The molecule has 0 aliphatic carbocycles. The number of carbonyl (C=O) groups is 1. The van der Waals surface area contributed by atoms with E-state index in [1.807, 2.05) is 0 Å². The van der Waals surface area contributed by atoms with Crippen molar-refractivity contribution in [1.29, 1.82) is 0 Å². The fourth-order valence-corrected chi connectivity index (χ4v) is 1.79. The van der Waals surface area contributed by atoms with Crippen molar-refractivity contribution in [1.82, 2.24) is 0 Å². The molecule has 0 amide bonds. The number of nitrogens with two attached hydrogens (primary N) is 1. The van der Waals surface area contributed by atoms with E-state index in [-0.39, 0.29) is 11.3 Å². The summed E-state index contributed by atoms with van der Waals surface area (Å²) in [5, 5.41) is 9.47. The van der Waals surface area contributed by atoms with Gasteiger partial charge in [0.25, 0.3) is 0 Å². The van der Waals surface area contributed by atoms with E-state index in [2.05, 4.69) is 0 Å². The first kappa shape index (κ1) is 12.4. The van der Waals surface area contributed by atoms with Crippen LogP contribution < -0.4 is 5.73 Å². The standard InChI is InChI=1S/C13H9ClFNO2/c14-8-3-1-7(2-4-8)10-5-9(15)6-11(12(10)16)13(17)18/h1-6H,16H2,(H,17,18). The summed E-state index contributed by atoms with van der Waals surface area (Å²) in [4.78, 5) is 10.9. The molecule has 0 spiro atoms. The lowest BCUT2D eigenvalue weighted by Gasteiger charge is -2.09. The summed E-state index contributed by atoms with van der Waals surface area (Å²) < 4.78 is 13.4. The van der Waals surface area contributed by atoms with E-state index in [4.69, 9.17) is 22.4 Å². The highest BCUT2D eigenvalue weighted by atomic mass is 35.5. The normalized spacial score (nSPS) is 10.3. The summed E-state index contributed by atoms with van der Waals surface area (Å²) in [5.41, 5.74) is 6.47. The summed E-state index contributed by atoms with van der Waals surface area (Å²) in [7, 11) is 0. The third-order valence-corrected chi connectivity index (χ3v) is 2.78. The zero-order valence-corrected chi connectivity index (χ0v) is 9.91. The Morgan fingerprint density at radius 2 is 1.83 bits per heavy atom. The van der Waals surface area contributed by atoms with E-state index in [0.717, 1.165) is 6.07 Å². The summed E-state index contributed by atoms with van der Waals surface area (Å²) >= 11 is 5.75. The van der Waals surface area contributed by atoms with Crippen molar-refractivity contribution >= 4 is 23.3 Å². The van der Waals surface area contributed by atoms with Crippen molar-refractivity contribution in [2.45, 2.75) is 0 Å². The van der Waals surface area contributed by atoms with Crippen LogP contribution in [-0.4, -0.2) is 11.1 Å². The molecule has 0 saturated carbocycles. The van der Waals surface area contributed by atoms with E-state index >= 15 is 0 Å². The molecule has 0 radical (unpaired) electrons. The summed E-state index contributed by atoms with van der Waals surface area (Å²) in [6.07, 6.45) is 0. The zero-order chi connectivity index (χ0) is 13.3. The van der Waals surface area contributed by atoms with E-state index < -0.39 is 11.8 Å². The Labute approximate surface area is 108 Å². The molecule has 0 atom stereocenters. The first-order valence-corrected chi connectivity index (χ1v) is 5.45. The Kier molecular flexibility index (Phi) is 3.21. The quantitative estimate of drug-likeness (QED) is 0.818. The lowest BCUT2D eigenvalue weighted by atomic mass is 10.00. The highest BCUT2D eigenvalue weighted by Gasteiger charge is 2.15. The van der Waals surface area contributed by atoms with Crippen molar-refractivity contribution in [3.05, 3.63) is 52.8 Å². The second-order valence-electron chi connectivity index (χ2n) is 3.73. The van der Waals surface area contributed by atoms with Crippen LogP contribution in [0.15, 0.2) is 36.4 Å². The van der Waals surface area contributed by atoms with Gasteiger partial charge in [0.1, 0.15) is 5.82 Å². The maximum absolute atomic E-state index is 13.4. The summed E-state index contributed by atoms with van der Waals surface area (Å²) in [6.45, 7) is 0. The number of hydrogen-bond acceptors (Lipinski definition) is 2. The largest absolute Gasteiger partial charge is 0.478 e. The Morgan fingerprint density at radius 1 is 1.22 bits per heavy atom. The minimum atomic E-state index is -1.26. The van der Waals surface area contributed by atoms with Gasteiger partial charge in [0, 0.05) is 10.6 Å². The molecule has 0 heterocycles. The number of carboxylic acid groups (broad SMARTS) is 1. The van der Waals surface area contributed by atoms with Crippen LogP contribution in [0.3, 0.4) is 0 Å². The monoisotopic (exact) mass is 265 g/mol. The molecule has 0 aromatic heterocycles. The molecular formula is C13H9ClFNO2. The van der Waals surface area contributed by atoms with E-state index in [1.54, 1.807) is 24.3 Å². The molecule has 5 heteroatoms. The number of rotatable bonds is 2. The van der Waals surface area contributed by atoms with Crippen LogP contribution in [0.4, 0.5) is 10.1 Å². The second-order valence-corrected chi connectivity index (χ2v) is 4.16. The minimum Gasteiger partial charge on any atom is -0.478 e. The van der Waals surface area contributed by atoms with Crippen molar-refractivity contribution in [2.75, 3.05) is 5.73 Å². The smallest absolute Gasteiger partial charge is 0.337 e. The second kappa shape index (κ2) is 4.66. The molecule has 2 aromatic rings. The predicted octanol–water partition coefficient (Wildman–Crippen LogP) is 3.43. The van der Waals surface area contributed by atoms with E-state index in [9.17, 15) is 9.18 Å². The average Bonchev–Trinajstić information content (AvgIpc) is 2.32. The van der Waals surface area contributed by atoms with Gasteiger partial charge < -0.3 is 10.8 Å². The van der Waals surface area contributed by atoms with Crippen molar-refractivity contribution in [3.63, 3.8) is 0 Å². The van der Waals surface area contributed by atoms with Crippen LogP contribution in [0.1, 0.15) is 10.4 Å². The molecule has 2 aromatic carbocycles. The number of benzene rings is 2. The zero-order valence-electron chi connectivity index (χ0n) is 9.15. The highest BCUT2D eigenvalue weighted by molar-refractivity contribution is 6.30. The Morgan fingerprint density at radius 3 is 2.39 bits per heavy atom. The molecule has 0 bridgehead atoms. The van der Waals surface area contributed by atoms with Gasteiger partial charge in [0.05, 0.1) is 11.3 Å². The summed E-state index contributed by atoms with van der Waals surface area (Å²) in [5.74, 6) is -1.91. The van der Waals surface area contributed by atoms with Crippen LogP contribution in [0.5, 0.6) is 0 Å². The number of anilines is 1. The fraction of sp³-hybridized carbons (Fsp3) is 0. The number of aromatic carboxylic acids is 1. The van der Waals surface area contributed by atoms with Crippen LogP contribution in [0.2, 0.25) is 5.02 Å². The first-order valence-electron chi connectivity index (χ1n) is 5.07. The molecule has 0 unspecified atom stereocenters. The fourth-order valence-electron chi connectivity index (χ4n) is 1.66. The summed E-state index contributed by atoms with van der Waals surface area (Å²) in [6, 6.07) is 8.66. The lowest BCUT2D eigenvalue weighted by molar-refractivity contribution is 0.0697. The third-order valence-electron chi connectivity index (χ3n) is 2.53. The van der Waals surface area contributed by atoms with Crippen LogP contribution in [0.25, 0.3) is 11.1 Å². The van der Waals surface area contributed by atoms with Gasteiger partial charge in [-0.25, -0.2) is 9.18 Å². The van der Waals surface area contributed by atoms with Crippen molar-refractivity contribution in [2.24, 2.45) is 0 Å². The first-order chi connectivity index (χ1) is 8.49. The van der Waals surface area contributed by atoms with Crippen molar-refractivity contribution in [3.8, 4) is 11.1 Å². The molecule has 0 aliphatic rings. The average molecular weight is 266 g/mol. The molecule has 2 rings (SSSR count). The van der Waals surface area contributed by atoms with Gasteiger partial charge in [-0.1, -0.05) is 23.7 Å². The maximum atomic E-state index is 13.4.